The molecule has 0 aliphatic heterocycles. The number of fused-ring (bicyclic) bond motifs is 1. The molecule has 1 amide bonds. The van der Waals surface area contributed by atoms with Crippen molar-refractivity contribution in [1.82, 2.24) is 24.2 Å². The maximum absolute atomic E-state index is 12.8. The lowest BCUT2D eigenvalue weighted by atomic mass is 9.83. The van der Waals surface area contributed by atoms with E-state index in [9.17, 15) is 19.2 Å². The van der Waals surface area contributed by atoms with Gasteiger partial charge in [0.2, 0.25) is 5.91 Å². The Hall–Kier alpha value is -5.03. The van der Waals surface area contributed by atoms with Gasteiger partial charge < -0.3 is 25.6 Å². The Balaban J connectivity index is 0.00000163. The predicted octanol–water partition coefficient (Wildman–Crippen LogP) is 9.16. The van der Waals surface area contributed by atoms with Crippen LogP contribution in [-0.2, 0) is 48.1 Å². The van der Waals surface area contributed by atoms with Gasteiger partial charge in [-0.3, -0.25) is 44.6 Å². The average molecular weight is 1000 g/mol. The highest BCUT2D eigenvalue weighted by atomic mass is 32.1. The molecular weight excluding hydrogens is 913 g/mol. The first-order valence-electron chi connectivity index (χ1n) is 25.1. The number of allylic oxidation sites excluding steroid dienone is 1. The Kier molecular flexibility index (Phi) is 33.4. The molecule has 4 unspecified atom stereocenters. The standard InChI is InChI=1S/C39H51N3O3S.C11H24N4O2.C3H4O.C2H6.CH5N/c1-7-27(3)37-32(15-12-19-40-37)38-34(24-39(5,6)25-45-26-43)33-23-31(17-18-35(33)42(38)8-2)30-14-11-13-29(22-30)21-28(4)36(44)16-9-10-20-41-46;1-8(2)10(11(12)17)15(4)9(7-16)5-6-14(3)13;1-2-3-4;2*1-2/h11-15,17-19,22-23,26-28,41,46H,7-10,16,20-21,24-25H2,1-6H3;7-10H,5-6,13H2,1-4H3,(H2,12,17);2-3H,1H2;1-2H3;2H2,1H3. The summed E-state index contributed by atoms with van der Waals surface area (Å²) < 4.78 is 10.6. The lowest BCUT2D eigenvalue weighted by Crippen LogP contribution is -2.51. The van der Waals surface area contributed by atoms with Crippen LogP contribution < -0.4 is 22.0 Å². The zero-order valence-corrected chi connectivity index (χ0v) is 46.3. The van der Waals surface area contributed by atoms with E-state index in [1.807, 2.05) is 46.9 Å². The van der Waals surface area contributed by atoms with Crippen molar-refractivity contribution in [3.05, 3.63) is 90.3 Å². The minimum Gasteiger partial charge on any atom is -0.467 e. The Morgan fingerprint density at radius 1 is 0.972 bits per heavy atom. The lowest BCUT2D eigenvalue weighted by Gasteiger charge is -2.33. The molecule has 14 nitrogen and oxygen atoms in total. The van der Waals surface area contributed by atoms with Gasteiger partial charge in [-0.2, -0.15) is 0 Å². The van der Waals surface area contributed by atoms with Crippen molar-refractivity contribution in [3.63, 3.8) is 0 Å². The molecular formula is C56H90N8O6S. The second kappa shape index (κ2) is 36.0. The molecule has 0 fully saturated rings. The van der Waals surface area contributed by atoms with E-state index in [1.54, 1.807) is 19.0 Å². The Morgan fingerprint density at radius 2 is 1.62 bits per heavy atom. The molecule has 4 rings (SSSR count). The number of aldehydes is 2. The third kappa shape index (κ3) is 21.7. The minimum absolute atomic E-state index is 0.0237. The number of amides is 1. The van der Waals surface area contributed by atoms with Crippen LogP contribution in [0.4, 0.5) is 0 Å². The predicted molar refractivity (Wildman–Crippen MR) is 298 cm³/mol. The molecule has 2 heterocycles. The third-order valence-electron chi connectivity index (χ3n) is 12.1. The van der Waals surface area contributed by atoms with Gasteiger partial charge in [0.05, 0.1) is 30.1 Å². The van der Waals surface area contributed by atoms with Crippen molar-refractivity contribution in [2.45, 2.75) is 139 Å². The number of carbonyl (C=O) groups excluding carboxylic acids is 5. The molecule has 0 aliphatic carbocycles. The largest absolute Gasteiger partial charge is 0.467 e. The first kappa shape index (κ1) is 66.0. The van der Waals surface area contributed by atoms with Gasteiger partial charge in [0.15, 0.2) is 0 Å². The fourth-order valence-corrected chi connectivity index (χ4v) is 8.57. The number of Topliss-reactive ketones (excluding diaryl/α,β-unsaturated/α-hetero) is 1. The van der Waals surface area contributed by atoms with Crippen LogP contribution in [0.15, 0.2) is 73.4 Å². The number of rotatable bonds is 27. The van der Waals surface area contributed by atoms with Gasteiger partial charge in [-0.25, -0.2) is 0 Å². The van der Waals surface area contributed by atoms with Gasteiger partial charge in [-0.15, -0.1) is 0 Å². The number of nitrogens with one attached hydrogen (secondary N) is 1. The number of ether oxygens (including phenoxy) is 1. The van der Waals surface area contributed by atoms with Gasteiger partial charge in [0.1, 0.15) is 18.4 Å². The highest BCUT2D eigenvalue weighted by Gasteiger charge is 2.30. The van der Waals surface area contributed by atoms with Crippen LogP contribution in [0.5, 0.6) is 0 Å². The summed E-state index contributed by atoms with van der Waals surface area (Å²) in [6.07, 6.45) is 10.0. The van der Waals surface area contributed by atoms with Crippen molar-refractivity contribution >= 4 is 54.5 Å². The van der Waals surface area contributed by atoms with Gasteiger partial charge in [-0.1, -0.05) is 112 Å². The summed E-state index contributed by atoms with van der Waals surface area (Å²) in [6.45, 7) is 27.0. The van der Waals surface area contributed by atoms with E-state index in [-0.39, 0.29) is 23.3 Å². The number of carbonyl (C=O) groups is 5. The Morgan fingerprint density at radius 3 is 2.15 bits per heavy atom. The average Bonchev–Trinajstić information content (AvgIpc) is 3.66. The fourth-order valence-electron chi connectivity index (χ4n) is 8.42. The van der Waals surface area contributed by atoms with Crippen molar-refractivity contribution in [3.8, 4) is 22.4 Å². The number of benzene rings is 2. The van der Waals surface area contributed by atoms with Crippen LogP contribution in [0, 0.1) is 17.3 Å². The monoisotopic (exact) mass is 1000 g/mol. The number of hydrazine groups is 1. The highest BCUT2D eigenvalue weighted by molar-refractivity contribution is 7.78. The van der Waals surface area contributed by atoms with Gasteiger partial charge in [-0.05, 0) is 124 Å². The smallest absolute Gasteiger partial charge is 0.293 e. The normalized spacial score (nSPS) is 12.6. The molecule has 2 aromatic carbocycles. The zero-order valence-electron chi connectivity index (χ0n) is 45.4. The van der Waals surface area contributed by atoms with Gasteiger partial charge in [0.25, 0.3) is 6.47 Å². The summed E-state index contributed by atoms with van der Waals surface area (Å²) >= 11 is 4.03. The lowest BCUT2D eigenvalue weighted by molar-refractivity contribution is -0.131. The zero-order chi connectivity index (χ0) is 54.3. The maximum atomic E-state index is 12.8. The Bertz CT molecular complexity index is 2190. The summed E-state index contributed by atoms with van der Waals surface area (Å²) in [5, 5.41) is 2.72. The summed E-state index contributed by atoms with van der Waals surface area (Å²) in [6, 6.07) is 18.8. The molecule has 7 N–H and O–H groups in total. The molecule has 4 aromatic rings. The van der Waals surface area contributed by atoms with E-state index in [1.165, 1.54) is 51.4 Å². The number of likely N-dealkylation sites (N-methyl/N-ethyl adjacent to an activating group) is 1. The van der Waals surface area contributed by atoms with Crippen molar-refractivity contribution in [2.75, 3.05) is 40.8 Å². The first-order valence-corrected chi connectivity index (χ1v) is 25.5. The van der Waals surface area contributed by atoms with Crippen molar-refractivity contribution in [2.24, 2.45) is 34.6 Å². The summed E-state index contributed by atoms with van der Waals surface area (Å²) in [4.78, 5) is 62.1. The summed E-state index contributed by atoms with van der Waals surface area (Å²) in [7, 11) is 4.97. The number of nitrogens with two attached hydrogens (primary N) is 3. The molecule has 2 aromatic heterocycles. The molecule has 15 heteroatoms. The van der Waals surface area contributed by atoms with E-state index < -0.39 is 11.9 Å². The highest BCUT2D eigenvalue weighted by Crippen LogP contribution is 2.42. The van der Waals surface area contributed by atoms with Crippen LogP contribution in [0.1, 0.15) is 124 Å². The SMILES string of the molecule is C=CC=O.CC.CC(C)C(C(N)=O)N(C)C(C=O)CCN(C)N.CCC(C)c1ncccc1-c1c(CC(C)(C)COC=O)c2cc(-c3cccc(CC(C)C(=O)CCCCNS)c3)ccc2n1CC.CN. The van der Waals surface area contributed by atoms with E-state index in [2.05, 4.69) is 118 Å². The van der Waals surface area contributed by atoms with Crippen molar-refractivity contribution < 1.29 is 28.7 Å². The van der Waals surface area contributed by atoms with Gasteiger partial charge in [0, 0.05) is 67.1 Å². The third-order valence-corrected chi connectivity index (χ3v) is 12.3. The molecule has 0 saturated heterocycles. The number of thiol groups is 1. The quantitative estimate of drug-likeness (QED) is 0.00946. The molecule has 0 saturated carbocycles. The number of ketones is 1. The van der Waals surface area contributed by atoms with E-state index >= 15 is 0 Å². The van der Waals surface area contributed by atoms with Crippen LogP contribution >= 0.6 is 12.8 Å². The minimum atomic E-state index is -0.437. The Labute approximate surface area is 432 Å². The summed E-state index contributed by atoms with van der Waals surface area (Å²) in [5.41, 5.74) is 18.9. The number of nitrogens with zero attached hydrogens (tertiary/aromatic N) is 4. The van der Waals surface area contributed by atoms with Gasteiger partial charge >= 0.3 is 0 Å². The first-order chi connectivity index (χ1) is 33.9. The van der Waals surface area contributed by atoms with Crippen LogP contribution in [0.25, 0.3) is 33.3 Å². The molecule has 4 atom stereocenters. The number of unbranched alkanes of at least 4 members (excludes halogenated alkanes) is 1. The van der Waals surface area contributed by atoms with Crippen LogP contribution in [0.2, 0.25) is 0 Å². The van der Waals surface area contributed by atoms with E-state index in [0.29, 0.717) is 50.5 Å². The molecule has 0 bridgehead atoms. The fraction of sp³-hybridized carbons (Fsp3) is 0.536. The molecule has 0 aliphatic rings. The number of hydrogen-bond acceptors (Lipinski definition) is 13. The maximum Gasteiger partial charge on any atom is 0.293 e. The molecule has 0 spiro atoms. The molecule has 0 radical (unpaired) electrons. The topological polar surface area (TPSA) is 209 Å². The number of aryl methyl sites for hydroxylation is 1. The number of aromatic nitrogens is 2. The van der Waals surface area contributed by atoms with Crippen LogP contribution in [-0.4, -0.2) is 103 Å². The second-order valence-corrected chi connectivity index (χ2v) is 18.9. The molecule has 71 heavy (non-hydrogen) atoms. The van der Waals surface area contributed by atoms with E-state index in [4.69, 9.17) is 26.1 Å². The van der Waals surface area contributed by atoms with Crippen molar-refractivity contribution in [1.29, 1.82) is 0 Å². The molecule has 396 valence electrons. The van der Waals surface area contributed by atoms with E-state index in [0.717, 1.165) is 68.3 Å². The summed E-state index contributed by atoms with van der Waals surface area (Å²) in [5.74, 6) is 5.77. The number of pyridine rings is 1. The van der Waals surface area contributed by atoms with Crippen LogP contribution in [0.3, 0.4) is 0 Å². The second-order valence-electron chi connectivity index (χ2n) is 18.5. The number of hydrogen-bond donors (Lipinski definition) is 5. The number of primary amides is 1.